The summed E-state index contributed by atoms with van der Waals surface area (Å²) in [7, 11) is 0. The quantitative estimate of drug-likeness (QED) is 0.856. The fourth-order valence-electron chi connectivity index (χ4n) is 1.78. The van der Waals surface area contributed by atoms with Crippen molar-refractivity contribution in [2.24, 2.45) is 0 Å². The molecule has 2 rings (SSSR count). The van der Waals surface area contributed by atoms with Gasteiger partial charge in [-0.15, -0.1) is 0 Å². The molecule has 0 unspecified atom stereocenters. The minimum atomic E-state index is -1.08. The Balaban J connectivity index is 2.02. The molecule has 0 spiro atoms. The van der Waals surface area contributed by atoms with Gasteiger partial charge in [-0.1, -0.05) is 19.1 Å². The molecule has 2 amide bonds. The summed E-state index contributed by atoms with van der Waals surface area (Å²) in [6, 6.07) is 9.54. The van der Waals surface area contributed by atoms with Crippen molar-refractivity contribution in [3.05, 3.63) is 59.7 Å². The van der Waals surface area contributed by atoms with Gasteiger partial charge in [-0.2, -0.15) is 0 Å². The van der Waals surface area contributed by atoms with Crippen LogP contribution in [0.1, 0.15) is 12.5 Å². The van der Waals surface area contributed by atoms with E-state index in [1.54, 1.807) is 12.1 Å². The van der Waals surface area contributed by atoms with Crippen LogP contribution in [0.5, 0.6) is 0 Å². The highest BCUT2D eigenvalue weighted by molar-refractivity contribution is 6.43. The van der Waals surface area contributed by atoms with Crippen LogP contribution in [-0.2, 0) is 16.0 Å². The van der Waals surface area contributed by atoms with Gasteiger partial charge in [-0.3, -0.25) is 9.59 Å². The van der Waals surface area contributed by atoms with Crippen molar-refractivity contribution in [1.29, 1.82) is 0 Å². The van der Waals surface area contributed by atoms with Gasteiger partial charge in [0, 0.05) is 11.8 Å². The second-order valence-corrected chi connectivity index (χ2v) is 4.58. The molecule has 2 aromatic rings. The van der Waals surface area contributed by atoms with E-state index in [0.29, 0.717) is 5.69 Å². The van der Waals surface area contributed by atoms with E-state index in [4.69, 9.17) is 0 Å². The van der Waals surface area contributed by atoms with Crippen LogP contribution in [0.2, 0.25) is 0 Å². The van der Waals surface area contributed by atoms with Gasteiger partial charge < -0.3 is 10.6 Å². The van der Waals surface area contributed by atoms with Crippen LogP contribution in [0, 0.1) is 11.6 Å². The van der Waals surface area contributed by atoms with E-state index in [9.17, 15) is 18.4 Å². The fraction of sp³-hybridized carbons (Fsp3) is 0.125. The van der Waals surface area contributed by atoms with Crippen molar-refractivity contribution in [2.75, 3.05) is 10.6 Å². The van der Waals surface area contributed by atoms with Gasteiger partial charge in [0.2, 0.25) is 0 Å². The minimum Gasteiger partial charge on any atom is -0.318 e. The maximum absolute atomic E-state index is 13.4. The molecule has 0 radical (unpaired) electrons. The van der Waals surface area contributed by atoms with Gasteiger partial charge in [0.05, 0.1) is 5.69 Å². The van der Waals surface area contributed by atoms with Crippen LogP contribution in [0.25, 0.3) is 0 Å². The predicted molar refractivity (Wildman–Crippen MR) is 79.4 cm³/mol. The Labute approximate surface area is 126 Å². The van der Waals surface area contributed by atoms with Crippen molar-refractivity contribution in [3.63, 3.8) is 0 Å². The SMILES string of the molecule is CCc1ccc(NC(=O)C(=O)Nc2cc(F)ccc2F)cc1. The molecule has 0 saturated carbocycles. The molecule has 2 N–H and O–H groups in total. The lowest BCUT2D eigenvalue weighted by Gasteiger charge is -2.08. The number of halogens is 2. The van der Waals surface area contributed by atoms with E-state index in [1.165, 1.54) is 0 Å². The first-order valence-corrected chi connectivity index (χ1v) is 6.66. The van der Waals surface area contributed by atoms with Crippen LogP contribution < -0.4 is 10.6 Å². The molecule has 0 saturated heterocycles. The number of rotatable bonds is 3. The Bertz CT molecular complexity index is 700. The Morgan fingerprint density at radius 1 is 0.955 bits per heavy atom. The van der Waals surface area contributed by atoms with E-state index >= 15 is 0 Å². The topological polar surface area (TPSA) is 58.2 Å². The van der Waals surface area contributed by atoms with Gasteiger partial charge in [-0.25, -0.2) is 8.78 Å². The summed E-state index contributed by atoms with van der Waals surface area (Å²) in [6.45, 7) is 1.99. The number of hydrogen-bond acceptors (Lipinski definition) is 2. The molecule has 0 aliphatic heterocycles. The molecule has 6 heteroatoms. The molecule has 22 heavy (non-hydrogen) atoms. The van der Waals surface area contributed by atoms with Crippen LogP contribution in [-0.4, -0.2) is 11.8 Å². The molecular formula is C16H14F2N2O2. The molecule has 0 aliphatic rings. The zero-order valence-corrected chi connectivity index (χ0v) is 11.8. The summed E-state index contributed by atoms with van der Waals surface area (Å²) in [6.07, 6.45) is 0.855. The van der Waals surface area contributed by atoms with E-state index in [-0.39, 0.29) is 5.69 Å². The van der Waals surface area contributed by atoms with Crippen molar-refractivity contribution < 1.29 is 18.4 Å². The number of amides is 2. The van der Waals surface area contributed by atoms with Gasteiger partial charge in [0.25, 0.3) is 0 Å². The predicted octanol–water partition coefficient (Wildman–Crippen LogP) is 3.10. The smallest absolute Gasteiger partial charge is 0.314 e. The van der Waals surface area contributed by atoms with Crippen molar-refractivity contribution in [1.82, 2.24) is 0 Å². The molecule has 0 aromatic heterocycles. The molecule has 4 nitrogen and oxygen atoms in total. The molecule has 0 aliphatic carbocycles. The average Bonchev–Trinajstić information content (AvgIpc) is 2.51. The average molecular weight is 304 g/mol. The number of anilines is 2. The molecule has 2 aromatic carbocycles. The van der Waals surface area contributed by atoms with Crippen molar-refractivity contribution in [3.8, 4) is 0 Å². The van der Waals surface area contributed by atoms with E-state index < -0.39 is 23.4 Å². The molecular weight excluding hydrogens is 290 g/mol. The Morgan fingerprint density at radius 3 is 2.23 bits per heavy atom. The Morgan fingerprint density at radius 2 is 1.59 bits per heavy atom. The Kier molecular flexibility index (Phi) is 4.83. The highest BCUT2D eigenvalue weighted by Crippen LogP contribution is 2.15. The van der Waals surface area contributed by atoms with Gasteiger partial charge in [0.1, 0.15) is 11.6 Å². The third-order valence-corrected chi connectivity index (χ3v) is 3.00. The lowest BCUT2D eigenvalue weighted by atomic mass is 10.1. The Hall–Kier alpha value is -2.76. The van der Waals surface area contributed by atoms with Crippen molar-refractivity contribution >= 4 is 23.2 Å². The summed E-state index contributed by atoms with van der Waals surface area (Å²) in [4.78, 5) is 23.4. The van der Waals surface area contributed by atoms with E-state index in [2.05, 4.69) is 5.32 Å². The number of hydrogen-bond donors (Lipinski definition) is 2. The normalized spacial score (nSPS) is 10.1. The maximum Gasteiger partial charge on any atom is 0.314 e. The fourth-order valence-corrected chi connectivity index (χ4v) is 1.78. The number of aryl methyl sites for hydroxylation is 1. The molecule has 114 valence electrons. The molecule has 0 bridgehead atoms. The first-order valence-electron chi connectivity index (χ1n) is 6.66. The van der Waals surface area contributed by atoms with Crippen molar-refractivity contribution in [2.45, 2.75) is 13.3 Å². The highest BCUT2D eigenvalue weighted by Gasteiger charge is 2.16. The molecule has 0 heterocycles. The zero-order valence-electron chi connectivity index (χ0n) is 11.8. The maximum atomic E-state index is 13.4. The zero-order chi connectivity index (χ0) is 16.1. The molecule has 0 atom stereocenters. The number of carbonyl (C=O) groups excluding carboxylic acids is 2. The summed E-state index contributed by atoms with van der Waals surface area (Å²) in [5, 5.41) is 4.41. The van der Waals surface area contributed by atoms with Gasteiger partial charge in [-0.05, 0) is 36.2 Å². The summed E-state index contributed by atoms with van der Waals surface area (Å²) < 4.78 is 26.4. The first-order chi connectivity index (χ1) is 10.5. The summed E-state index contributed by atoms with van der Waals surface area (Å²) >= 11 is 0. The standard InChI is InChI=1S/C16H14F2N2O2/c1-2-10-3-6-12(7-4-10)19-15(21)16(22)20-14-9-11(17)5-8-13(14)18/h3-9H,2H2,1H3,(H,19,21)(H,20,22). The van der Waals surface area contributed by atoms with E-state index in [1.807, 2.05) is 24.4 Å². The lowest BCUT2D eigenvalue weighted by molar-refractivity contribution is -0.133. The van der Waals surface area contributed by atoms with Gasteiger partial charge >= 0.3 is 11.8 Å². The third-order valence-electron chi connectivity index (χ3n) is 3.00. The minimum absolute atomic E-state index is 0.388. The number of nitrogens with one attached hydrogen (secondary N) is 2. The largest absolute Gasteiger partial charge is 0.318 e. The van der Waals surface area contributed by atoms with E-state index in [0.717, 1.165) is 30.2 Å². The van der Waals surface area contributed by atoms with Crippen LogP contribution in [0.3, 0.4) is 0 Å². The van der Waals surface area contributed by atoms with Crippen LogP contribution >= 0.6 is 0 Å². The van der Waals surface area contributed by atoms with Crippen LogP contribution in [0.15, 0.2) is 42.5 Å². The second kappa shape index (κ2) is 6.80. The second-order valence-electron chi connectivity index (χ2n) is 4.58. The lowest BCUT2D eigenvalue weighted by Crippen LogP contribution is -2.29. The summed E-state index contributed by atoms with van der Waals surface area (Å²) in [5.74, 6) is -3.58. The third kappa shape index (κ3) is 3.88. The number of carbonyl (C=O) groups is 2. The summed E-state index contributed by atoms with van der Waals surface area (Å²) in [5.41, 5.74) is 1.14. The molecule has 0 fully saturated rings. The van der Waals surface area contributed by atoms with Gasteiger partial charge in [0.15, 0.2) is 0 Å². The number of benzene rings is 2. The highest BCUT2D eigenvalue weighted by atomic mass is 19.1. The van der Waals surface area contributed by atoms with Crippen LogP contribution in [0.4, 0.5) is 20.2 Å². The monoisotopic (exact) mass is 304 g/mol. The first kappa shape index (κ1) is 15.6.